The van der Waals surface area contributed by atoms with Crippen LogP contribution in [0.3, 0.4) is 0 Å². The quantitative estimate of drug-likeness (QED) is 0.101. The largest absolute Gasteiger partial charge is 0.494 e. The molecule has 3 aromatic carbocycles. The Morgan fingerprint density at radius 1 is 0.925 bits per heavy atom. The van der Waals surface area contributed by atoms with Crippen molar-refractivity contribution in [2.24, 2.45) is 5.41 Å². The molecule has 0 aliphatic carbocycles. The lowest BCUT2D eigenvalue weighted by Crippen LogP contribution is -2.40. The highest BCUT2D eigenvalue weighted by Gasteiger charge is 2.30. The molecular formula is C43H47N5O4S. The minimum atomic E-state index is -0.185. The summed E-state index contributed by atoms with van der Waals surface area (Å²) in [5.74, 6) is 1.47. The summed E-state index contributed by atoms with van der Waals surface area (Å²) in [6, 6.07) is 23.7. The number of pyridine rings is 1. The fraction of sp³-hybridized carbons (Fsp3) is 0.372. The van der Waals surface area contributed by atoms with Gasteiger partial charge in [0.2, 0.25) is 0 Å². The van der Waals surface area contributed by atoms with E-state index in [1.807, 2.05) is 73.7 Å². The van der Waals surface area contributed by atoms with Gasteiger partial charge in [-0.1, -0.05) is 48.6 Å². The number of nitrogens with zero attached hydrogens (tertiary/aromatic N) is 4. The van der Waals surface area contributed by atoms with Crippen LogP contribution in [0.4, 0.5) is 10.9 Å². The zero-order valence-electron chi connectivity index (χ0n) is 31.0. The van der Waals surface area contributed by atoms with Crippen LogP contribution in [0.2, 0.25) is 0 Å². The molecule has 10 heteroatoms. The third kappa shape index (κ3) is 8.34. The monoisotopic (exact) mass is 729 g/mol. The third-order valence-corrected chi connectivity index (χ3v) is 11.7. The molecule has 2 aliphatic heterocycles. The Hall–Kier alpha value is -4.93. The van der Waals surface area contributed by atoms with E-state index < -0.39 is 0 Å². The van der Waals surface area contributed by atoms with Crippen molar-refractivity contribution in [3.63, 3.8) is 0 Å². The summed E-state index contributed by atoms with van der Waals surface area (Å²) < 4.78 is 7.21. The van der Waals surface area contributed by atoms with Gasteiger partial charge in [-0.05, 0) is 129 Å². The van der Waals surface area contributed by atoms with Crippen molar-refractivity contribution >= 4 is 50.0 Å². The van der Waals surface area contributed by atoms with E-state index in [0.29, 0.717) is 41.9 Å². The summed E-state index contributed by atoms with van der Waals surface area (Å²) in [5, 5.41) is 3.59. The van der Waals surface area contributed by atoms with E-state index >= 15 is 0 Å². The summed E-state index contributed by atoms with van der Waals surface area (Å²) in [5.41, 5.74) is 7.05. The van der Waals surface area contributed by atoms with Crippen molar-refractivity contribution in [1.29, 1.82) is 0 Å². The number of thiazole rings is 1. The van der Waals surface area contributed by atoms with Gasteiger partial charge in [0.25, 0.3) is 5.91 Å². The lowest BCUT2D eigenvalue weighted by atomic mass is 9.77. The van der Waals surface area contributed by atoms with Gasteiger partial charge < -0.3 is 9.64 Å². The highest BCUT2D eigenvalue weighted by atomic mass is 32.1. The summed E-state index contributed by atoms with van der Waals surface area (Å²) in [7, 11) is 0. The van der Waals surface area contributed by atoms with Crippen LogP contribution in [-0.4, -0.2) is 65.1 Å². The lowest BCUT2D eigenvalue weighted by Gasteiger charge is -2.39. The molecular weight excluding hydrogens is 683 g/mol. The van der Waals surface area contributed by atoms with Crippen LogP contribution in [0, 0.1) is 12.3 Å². The number of Topliss-reactive ketones (excluding diaryl/α,β-unsaturated/α-hetero) is 2. The highest BCUT2D eigenvalue weighted by Crippen LogP contribution is 2.36. The number of ketones is 2. The molecule has 1 saturated heterocycles. The number of rotatable bonds is 12. The number of carbonyl (C=O) groups excluding carboxylic acids is 3. The van der Waals surface area contributed by atoms with E-state index in [2.05, 4.69) is 33.1 Å². The average Bonchev–Trinajstić information content (AvgIpc) is 3.56. The van der Waals surface area contributed by atoms with Gasteiger partial charge in [-0.2, -0.15) is 0 Å². The third-order valence-electron chi connectivity index (χ3n) is 10.8. The number of piperidine rings is 1. The van der Waals surface area contributed by atoms with E-state index in [9.17, 15) is 14.4 Å². The van der Waals surface area contributed by atoms with Crippen molar-refractivity contribution in [2.75, 3.05) is 43.0 Å². The lowest BCUT2D eigenvalue weighted by molar-refractivity contribution is -0.118. The van der Waals surface area contributed by atoms with Gasteiger partial charge in [-0.15, -0.1) is 0 Å². The first-order valence-electron chi connectivity index (χ1n) is 18.6. The van der Waals surface area contributed by atoms with E-state index in [4.69, 9.17) is 9.72 Å². The number of ether oxygens (including phenoxy) is 1. The van der Waals surface area contributed by atoms with Crippen LogP contribution in [0.25, 0.3) is 21.3 Å². The molecule has 0 unspecified atom stereocenters. The van der Waals surface area contributed by atoms with E-state index in [0.717, 1.165) is 95.5 Å². The van der Waals surface area contributed by atoms with Crippen LogP contribution in [0.5, 0.6) is 5.75 Å². The van der Waals surface area contributed by atoms with Crippen LogP contribution in [0.1, 0.15) is 84.0 Å². The average molecular weight is 730 g/mol. The molecule has 274 valence electrons. The first kappa shape index (κ1) is 36.4. The van der Waals surface area contributed by atoms with Crippen molar-refractivity contribution in [1.82, 2.24) is 14.9 Å². The number of amides is 1. The maximum Gasteiger partial charge on any atom is 0.257 e. The normalized spacial score (nSPS) is 15.6. The van der Waals surface area contributed by atoms with Crippen molar-refractivity contribution in [3.05, 3.63) is 101 Å². The predicted octanol–water partition coefficient (Wildman–Crippen LogP) is 8.53. The van der Waals surface area contributed by atoms with Gasteiger partial charge >= 0.3 is 0 Å². The van der Waals surface area contributed by atoms with Crippen LogP contribution in [-0.2, 0) is 17.8 Å². The van der Waals surface area contributed by atoms with Gasteiger partial charge in [0.1, 0.15) is 23.0 Å². The molecule has 0 radical (unpaired) electrons. The summed E-state index contributed by atoms with van der Waals surface area (Å²) in [6.07, 6.45) is 5.04. The maximum atomic E-state index is 13.6. The number of nitrogens with one attached hydrogen (secondary N) is 1. The van der Waals surface area contributed by atoms with E-state index in [-0.39, 0.29) is 22.9 Å². The van der Waals surface area contributed by atoms with Gasteiger partial charge in [-0.25, -0.2) is 9.97 Å². The standard InChI is InChI=1S/C43H47N5O4S/c1-28-25-32(52-24-8-18-43(4)19-22-47(23-20-43)26-29(2)49)13-14-33(28)34-15-16-39(45-40(34)30(3)50)48-21-17-31-9-7-10-35(36(31)27-48)41(51)46-42-44-37-11-5-6-12-38(37)53-42/h5-7,9-16,25H,8,17-24,26-27H2,1-4H3,(H,44,46,51). The van der Waals surface area contributed by atoms with E-state index in [1.54, 1.807) is 13.8 Å². The topological polar surface area (TPSA) is 105 Å². The minimum absolute atomic E-state index is 0.101. The number of hydrogen-bond donors (Lipinski definition) is 1. The zero-order chi connectivity index (χ0) is 37.1. The molecule has 5 aromatic rings. The molecule has 0 spiro atoms. The molecule has 2 aliphatic rings. The molecule has 9 nitrogen and oxygen atoms in total. The van der Waals surface area contributed by atoms with Crippen molar-refractivity contribution < 1.29 is 19.1 Å². The molecule has 0 atom stereocenters. The Kier molecular flexibility index (Phi) is 10.7. The summed E-state index contributed by atoms with van der Waals surface area (Å²) in [4.78, 5) is 52.0. The Bertz CT molecular complexity index is 2140. The van der Waals surface area contributed by atoms with E-state index in [1.165, 1.54) is 11.3 Å². The number of hydrogen-bond acceptors (Lipinski definition) is 9. The molecule has 53 heavy (non-hydrogen) atoms. The fourth-order valence-electron chi connectivity index (χ4n) is 7.72. The number of carbonyl (C=O) groups is 3. The number of anilines is 2. The number of para-hydroxylation sites is 1. The van der Waals surface area contributed by atoms with Gasteiger partial charge in [-0.3, -0.25) is 24.6 Å². The molecule has 1 fully saturated rings. The van der Waals surface area contributed by atoms with Gasteiger partial charge in [0.05, 0.1) is 23.4 Å². The zero-order valence-corrected chi connectivity index (χ0v) is 31.9. The first-order valence-corrected chi connectivity index (χ1v) is 19.4. The molecule has 2 aromatic heterocycles. The number of benzene rings is 3. The predicted molar refractivity (Wildman–Crippen MR) is 212 cm³/mol. The number of likely N-dealkylation sites (tertiary alicyclic amines) is 1. The van der Waals surface area contributed by atoms with Crippen molar-refractivity contribution in [2.45, 2.75) is 66.3 Å². The molecule has 7 rings (SSSR count). The number of aromatic nitrogens is 2. The molecule has 0 bridgehead atoms. The second kappa shape index (κ2) is 15.6. The second-order valence-electron chi connectivity index (χ2n) is 14.9. The van der Waals surface area contributed by atoms with Gasteiger partial charge in [0.15, 0.2) is 10.9 Å². The fourth-order valence-corrected chi connectivity index (χ4v) is 8.58. The highest BCUT2D eigenvalue weighted by molar-refractivity contribution is 7.22. The SMILES string of the molecule is CC(=O)CN1CCC(C)(CCCOc2ccc(-c3ccc(N4CCc5cccc(C(=O)Nc6nc7ccccc7s6)c5C4)nc3C(C)=O)c(C)c2)CC1. The minimum Gasteiger partial charge on any atom is -0.494 e. The van der Waals surface area contributed by atoms with Crippen molar-refractivity contribution in [3.8, 4) is 16.9 Å². The molecule has 0 saturated carbocycles. The van der Waals surface area contributed by atoms with Crippen LogP contribution >= 0.6 is 11.3 Å². The first-order chi connectivity index (χ1) is 25.5. The summed E-state index contributed by atoms with van der Waals surface area (Å²) in [6.45, 7) is 12.0. The number of fused-ring (bicyclic) bond motifs is 2. The second-order valence-corrected chi connectivity index (χ2v) is 15.9. The van der Waals surface area contributed by atoms with Crippen LogP contribution in [0.15, 0.2) is 72.8 Å². The Morgan fingerprint density at radius 3 is 2.47 bits per heavy atom. The van der Waals surface area contributed by atoms with Crippen LogP contribution < -0.4 is 15.0 Å². The Balaban J connectivity index is 1.01. The smallest absolute Gasteiger partial charge is 0.257 e. The molecule has 4 heterocycles. The number of aryl methyl sites for hydroxylation is 1. The summed E-state index contributed by atoms with van der Waals surface area (Å²) >= 11 is 1.46. The van der Waals surface area contributed by atoms with Gasteiger partial charge in [0, 0.05) is 31.1 Å². The molecule has 1 N–H and O–H groups in total. The Morgan fingerprint density at radius 2 is 1.72 bits per heavy atom. The Labute approximate surface area is 315 Å². The molecule has 1 amide bonds. The maximum absolute atomic E-state index is 13.6.